The van der Waals surface area contributed by atoms with E-state index >= 15 is 0 Å². The van der Waals surface area contributed by atoms with Crippen molar-refractivity contribution < 1.29 is 14.0 Å². The van der Waals surface area contributed by atoms with Crippen LogP contribution in [0.25, 0.3) is 10.8 Å². The monoisotopic (exact) mass is 359 g/mol. The zero-order valence-electron chi connectivity index (χ0n) is 12.8. The quantitative estimate of drug-likeness (QED) is 0.765. The van der Waals surface area contributed by atoms with Gasteiger partial charge in [-0.2, -0.15) is 0 Å². The molecule has 0 spiro atoms. The number of ketones is 1. The van der Waals surface area contributed by atoms with Crippen molar-refractivity contribution in [1.29, 1.82) is 0 Å². The van der Waals surface area contributed by atoms with E-state index in [-0.39, 0.29) is 11.7 Å². The number of thiazole rings is 2. The average molecular weight is 359 g/mol. The van der Waals surface area contributed by atoms with Gasteiger partial charge in [-0.3, -0.25) is 14.9 Å². The van der Waals surface area contributed by atoms with Crippen molar-refractivity contribution in [2.75, 3.05) is 5.32 Å². The molecule has 0 aliphatic heterocycles. The van der Waals surface area contributed by atoms with Crippen LogP contribution in [0.5, 0.6) is 0 Å². The molecule has 0 saturated carbocycles. The van der Waals surface area contributed by atoms with Crippen molar-refractivity contribution >= 4 is 39.5 Å². The van der Waals surface area contributed by atoms with Crippen molar-refractivity contribution in [3.63, 3.8) is 0 Å². The van der Waals surface area contributed by atoms with Crippen molar-refractivity contribution in [1.82, 2.24) is 9.97 Å². The maximum absolute atomic E-state index is 12.5. The van der Waals surface area contributed by atoms with Gasteiger partial charge < -0.3 is 4.42 Å². The van der Waals surface area contributed by atoms with E-state index in [1.807, 2.05) is 6.92 Å². The predicted octanol–water partition coefficient (Wildman–Crippen LogP) is 3.94. The van der Waals surface area contributed by atoms with Crippen LogP contribution in [0.2, 0.25) is 0 Å². The Bertz CT molecular complexity index is 925. The fourth-order valence-electron chi connectivity index (χ4n) is 2.59. The van der Waals surface area contributed by atoms with Gasteiger partial charge in [0.2, 0.25) is 0 Å². The van der Waals surface area contributed by atoms with Crippen molar-refractivity contribution in [2.45, 2.75) is 26.2 Å². The smallest absolute Gasteiger partial charge is 0.277 e. The minimum absolute atomic E-state index is 0.110. The van der Waals surface area contributed by atoms with E-state index < -0.39 is 0 Å². The van der Waals surface area contributed by atoms with Crippen LogP contribution in [0.15, 0.2) is 22.8 Å². The molecule has 1 aliphatic rings. The number of anilines is 1. The molecule has 24 heavy (non-hydrogen) atoms. The van der Waals surface area contributed by atoms with Crippen LogP contribution < -0.4 is 5.32 Å². The number of rotatable bonds is 3. The van der Waals surface area contributed by atoms with E-state index in [4.69, 9.17) is 4.42 Å². The van der Waals surface area contributed by atoms with Gasteiger partial charge in [-0.25, -0.2) is 9.97 Å². The summed E-state index contributed by atoms with van der Waals surface area (Å²) in [6, 6.07) is 3.59. The number of nitrogens with one attached hydrogen (secondary N) is 1. The number of amides is 1. The van der Waals surface area contributed by atoms with Gasteiger partial charge in [-0.1, -0.05) is 11.3 Å². The largest absolute Gasteiger partial charge is 0.462 e. The minimum Gasteiger partial charge on any atom is -0.462 e. The molecule has 4 rings (SSSR count). The molecule has 1 aliphatic carbocycles. The number of fused-ring (bicyclic) bond motifs is 1. The van der Waals surface area contributed by atoms with Gasteiger partial charge in [-0.05, 0) is 31.9 Å². The van der Waals surface area contributed by atoms with Gasteiger partial charge in [-0.15, -0.1) is 11.3 Å². The third-order valence-corrected chi connectivity index (χ3v) is 5.77. The second-order valence-electron chi connectivity index (χ2n) is 5.43. The first-order chi connectivity index (χ1) is 11.6. The topological polar surface area (TPSA) is 85.1 Å². The maximum Gasteiger partial charge on any atom is 0.277 e. The third kappa shape index (κ3) is 2.67. The molecule has 0 atom stereocenters. The van der Waals surface area contributed by atoms with E-state index in [1.165, 1.54) is 22.7 Å². The molecule has 6 nitrogen and oxygen atoms in total. The van der Waals surface area contributed by atoms with E-state index in [2.05, 4.69) is 15.3 Å². The molecule has 0 unspecified atom stereocenters. The molecular weight excluding hydrogens is 346 g/mol. The van der Waals surface area contributed by atoms with Gasteiger partial charge in [0.25, 0.3) is 5.91 Å². The highest BCUT2D eigenvalue weighted by Gasteiger charge is 2.24. The third-order valence-electron chi connectivity index (χ3n) is 3.73. The number of nitrogens with zero attached hydrogens (tertiary/aromatic N) is 2. The summed E-state index contributed by atoms with van der Waals surface area (Å²) in [5, 5.41) is 3.88. The molecule has 122 valence electrons. The van der Waals surface area contributed by atoms with E-state index in [0.29, 0.717) is 32.9 Å². The first-order valence-corrected chi connectivity index (χ1v) is 9.10. The second kappa shape index (κ2) is 5.95. The second-order valence-corrected chi connectivity index (χ2v) is 7.63. The van der Waals surface area contributed by atoms with E-state index in [1.54, 1.807) is 18.4 Å². The molecule has 0 aromatic carbocycles. The van der Waals surface area contributed by atoms with Gasteiger partial charge in [0.1, 0.15) is 5.69 Å². The Morgan fingerprint density at radius 2 is 2.17 bits per heavy atom. The number of aryl methyl sites for hydroxylation is 2. The van der Waals surface area contributed by atoms with Gasteiger partial charge in [0.15, 0.2) is 21.7 Å². The molecule has 0 radical (unpaired) electrons. The minimum atomic E-state index is -0.319. The summed E-state index contributed by atoms with van der Waals surface area (Å²) in [6.07, 6.45) is 3.73. The Hall–Kier alpha value is -2.32. The summed E-state index contributed by atoms with van der Waals surface area (Å²) in [5.74, 6) is 0.428. The van der Waals surface area contributed by atoms with Gasteiger partial charge in [0.05, 0.1) is 16.8 Å². The van der Waals surface area contributed by atoms with Crippen LogP contribution in [0.3, 0.4) is 0 Å². The molecular formula is C16H13N3O3S2. The van der Waals surface area contributed by atoms with E-state index in [9.17, 15) is 9.59 Å². The Labute approximate surface area is 145 Å². The van der Waals surface area contributed by atoms with Crippen LogP contribution in [-0.4, -0.2) is 21.7 Å². The summed E-state index contributed by atoms with van der Waals surface area (Å²) in [6.45, 7) is 1.84. The van der Waals surface area contributed by atoms with Gasteiger partial charge in [0, 0.05) is 11.3 Å². The number of aromatic nitrogens is 2. The summed E-state index contributed by atoms with van der Waals surface area (Å²) < 4.78 is 5.32. The Balaban J connectivity index is 1.58. The lowest BCUT2D eigenvalue weighted by Crippen LogP contribution is -2.13. The molecule has 3 aromatic heterocycles. The molecule has 0 fully saturated rings. The summed E-state index contributed by atoms with van der Waals surface area (Å²) in [7, 11) is 0. The highest BCUT2D eigenvalue weighted by Crippen LogP contribution is 2.31. The highest BCUT2D eigenvalue weighted by atomic mass is 32.1. The molecule has 3 heterocycles. The first kappa shape index (κ1) is 15.2. The van der Waals surface area contributed by atoms with Crippen molar-refractivity contribution in [3.05, 3.63) is 39.5 Å². The predicted molar refractivity (Wildman–Crippen MR) is 91.9 cm³/mol. The number of hydrogen-bond acceptors (Lipinski definition) is 7. The number of hydrogen-bond donors (Lipinski definition) is 1. The SMILES string of the molecule is Cc1sc(-c2ccco2)nc1C(=O)Nc1nc2c(s1)C(=O)CCC2. The zero-order chi connectivity index (χ0) is 16.7. The van der Waals surface area contributed by atoms with Crippen LogP contribution in [0.1, 0.15) is 43.6 Å². The lowest BCUT2D eigenvalue weighted by Gasteiger charge is -2.05. The number of carbonyl (C=O) groups is 2. The molecule has 0 saturated heterocycles. The first-order valence-electron chi connectivity index (χ1n) is 7.47. The lowest BCUT2D eigenvalue weighted by atomic mass is 10.0. The van der Waals surface area contributed by atoms with Crippen LogP contribution >= 0.6 is 22.7 Å². The Morgan fingerprint density at radius 3 is 2.92 bits per heavy atom. The Morgan fingerprint density at radius 1 is 1.29 bits per heavy atom. The molecule has 3 aromatic rings. The zero-order valence-corrected chi connectivity index (χ0v) is 14.4. The van der Waals surface area contributed by atoms with Gasteiger partial charge >= 0.3 is 0 Å². The lowest BCUT2D eigenvalue weighted by molar-refractivity contribution is 0.0975. The summed E-state index contributed by atoms with van der Waals surface area (Å²) in [4.78, 5) is 34.6. The fraction of sp³-hybridized carbons (Fsp3) is 0.250. The van der Waals surface area contributed by atoms with Crippen LogP contribution in [-0.2, 0) is 6.42 Å². The fourth-order valence-corrected chi connectivity index (χ4v) is 4.44. The number of carbonyl (C=O) groups excluding carboxylic acids is 2. The molecule has 1 N–H and O–H groups in total. The highest BCUT2D eigenvalue weighted by molar-refractivity contribution is 7.18. The van der Waals surface area contributed by atoms with Crippen molar-refractivity contribution in [2.24, 2.45) is 0 Å². The van der Waals surface area contributed by atoms with Crippen LogP contribution in [0.4, 0.5) is 5.13 Å². The summed E-state index contributed by atoms with van der Waals surface area (Å²) >= 11 is 2.64. The maximum atomic E-state index is 12.5. The molecule has 0 bridgehead atoms. The Kier molecular flexibility index (Phi) is 3.78. The molecule has 1 amide bonds. The molecule has 8 heteroatoms. The average Bonchev–Trinajstić information content (AvgIpc) is 3.25. The van der Waals surface area contributed by atoms with Crippen LogP contribution in [0, 0.1) is 6.92 Å². The normalized spacial score (nSPS) is 13.8. The van der Waals surface area contributed by atoms with E-state index in [0.717, 1.165) is 23.4 Å². The number of Topliss-reactive ketones (excluding diaryl/α,β-unsaturated/α-hetero) is 1. The summed E-state index contributed by atoms with van der Waals surface area (Å²) in [5.41, 5.74) is 1.14. The standard InChI is InChI=1S/C16H13N3O3S2/c1-8-12(18-15(23-8)11-6-3-7-22-11)14(21)19-16-17-9-4-2-5-10(20)13(9)24-16/h3,6-7H,2,4-5H2,1H3,(H,17,19,21). The van der Waals surface area contributed by atoms with Crippen molar-refractivity contribution in [3.8, 4) is 10.8 Å². The number of furan rings is 1.